The van der Waals surface area contributed by atoms with E-state index in [4.69, 9.17) is 5.11 Å². The lowest BCUT2D eigenvalue weighted by Gasteiger charge is -2.15. The molecule has 0 saturated carbocycles. The van der Waals surface area contributed by atoms with Crippen molar-refractivity contribution in [3.63, 3.8) is 0 Å². The molecule has 0 aromatic carbocycles. The second-order valence-corrected chi connectivity index (χ2v) is 5.08. The molecule has 0 radical (unpaired) electrons. The van der Waals surface area contributed by atoms with Crippen LogP contribution in [-0.2, 0) is 6.54 Å². The summed E-state index contributed by atoms with van der Waals surface area (Å²) in [6.45, 7) is 2.63. The van der Waals surface area contributed by atoms with E-state index in [1.807, 2.05) is 25.4 Å². The van der Waals surface area contributed by atoms with Gasteiger partial charge in [-0.15, -0.1) is 0 Å². The molecule has 0 bridgehead atoms. The van der Waals surface area contributed by atoms with Crippen molar-refractivity contribution in [1.82, 2.24) is 14.3 Å². The van der Waals surface area contributed by atoms with Gasteiger partial charge >= 0.3 is 5.97 Å². The Bertz CT molecular complexity index is 519. The SMILES string of the molecule is CC(Cn1cccn1)n1cc(I)cc1C(=O)O. The first-order chi connectivity index (χ1) is 8.08. The van der Waals surface area contributed by atoms with Crippen molar-refractivity contribution in [2.45, 2.75) is 19.5 Å². The Morgan fingerprint density at radius 1 is 1.65 bits per heavy atom. The number of aromatic nitrogens is 3. The van der Waals surface area contributed by atoms with Gasteiger partial charge in [-0.25, -0.2) is 4.79 Å². The summed E-state index contributed by atoms with van der Waals surface area (Å²) < 4.78 is 4.49. The van der Waals surface area contributed by atoms with Gasteiger partial charge in [-0.1, -0.05) is 0 Å². The maximum absolute atomic E-state index is 11.1. The van der Waals surface area contributed by atoms with Crippen LogP contribution >= 0.6 is 22.6 Å². The number of hydrogen-bond donors (Lipinski definition) is 1. The van der Waals surface area contributed by atoms with Gasteiger partial charge in [-0.05, 0) is 41.6 Å². The van der Waals surface area contributed by atoms with Crippen molar-refractivity contribution in [2.24, 2.45) is 0 Å². The molecule has 1 atom stereocenters. The third kappa shape index (κ3) is 2.68. The minimum Gasteiger partial charge on any atom is -0.477 e. The Morgan fingerprint density at radius 3 is 3.00 bits per heavy atom. The number of rotatable bonds is 4. The van der Waals surface area contributed by atoms with Crippen LogP contribution < -0.4 is 0 Å². The first-order valence-corrected chi connectivity index (χ1v) is 6.24. The molecule has 0 saturated heterocycles. The smallest absolute Gasteiger partial charge is 0.352 e. The molecule has 0 fully saturated rings. The maximum atomic E-state index is 11.1. The molecule has 0 amide bonds. The van der Waals surface area contributed by atoms with E-state index in [1.54, 1.807) is 21.5 Å². The molecule has 0 aliphatic rings. The van der Waals surface area contributed by atoms with Gasteiger partial charge in [0.05, 0.1) is 12.6 Å². The molecule has 0 aliphatic carbocycles. The molecule has 17 heavy (non-hydrogen) atoms. The van der Waals surface area contributed by atoms with E-state index in [2.05, 4.69) is 27.7 Å². The highest BCUT2D eigenvalue weighted by atomic mass is 127. The molecule has 0 spiro atoms. The summed E-state index contributed by atoms with van der Waals surface area (Å²) in [5.74, 6) is -0.903. The van der Waals surface area contributed by atoms with Crippen LogP contribution in [0.4, 0.5) is 0 Å². The van der Waals surface area contributed by atoms with E-state index in [9.17, 15) is 4.79 Å². The number of nitrogens with zero attached hydrogens (tertiary/aromatic N) is 3. The molecule has 2 heterocycles. The van der Waals surface area contributed by atoms with Gasteiger partial charge < -0.3 is 9.67 Å². The third-order valence-corrected chi connectivity index (χ3v) is 3.11. The van der Waals surface area contributed by atoms with Crippen molar-refractivity contribution < 1.29 is 9.90 Å². The Balaban J connectivity index is 2.24. The number of carbonyl (C=O) groups is 1. The molecule has 1 N–H and O–H groups in total. The van der Waals surface area contributed by atoms with Crippen LogP contribution in [0.3, 0.4) is 0 Å². The molecule has 2 aromatic heterocycles. The molecular weight excluding hydrogens is 333 g/mol. The van der Waals surface area contributed by atoms with Gasteiger partial charge in [0.1, 0.15) is 5.69 Å². The fourth-order valence-electron chi connectivity index (χ4n) is 1.75. The van der Waals surface area contributed by atoms with E-state index in [0.717, 1.165) is 3.57 Å². The highest BCUT2D eigenvalue weighted by Gasteiger charge is 2.16. The minimum atomic E-state index is -0.903. The van der Waals surface area contributed by atoms with Crippen molar-refractivity contribution in [2.75, 3.05) is 0 Å². The van der Waals surface area contributed by atoms with Gasteiger partial charge in [0.2, 0.25) is 0 Å². The average Bonchev–Trinajstić information content (AvgIpc) is 2.86. The van der Waals surface area contributed by atoms with Crippen LogP contribution in [0.15, 0.2) is 30.7 Å². The first kappa shape index (κ1) is 12.2. The molecule has 90 valence electrons. The second-order valence-electron chi connectivity index (χ2n) is 3.83. The number of hydrogen-bond acceptors (Lipinski definition) is 2. The molecule has 0 aliphatic heterocycles. The fourth-order valence-corrected chi connectivity index (χ4v) is 2.34. The van der Waals surface area contributed by atoms with Crippen molar-refractivity contribution >= 4 is 28.6 Å². The van der Waals surface area contributed by atoms with Gasteiger partial charge in [0.15, 0.2) is 0 Å². The van der Waals surface area contributed by atoms with Crippen molar-refractivity contribution in [1.29, 1.82) is 0 Å². The zero-order valence-corrected chi connectivity index (χ0v) is 11.4. The predicted octanol–water partition coefficient (Wildman–Crippen LogP) is 2.25. The van der Waals surface area contributed by atoms with Gasteiger partial charge in [-0.2, -0.15) is 5.10 Å². The average molecular weight is 345 g/mol. The molecule has 2 aromatic rings. The lowest BCUT2D eigenvalue weighted by molar-refractivity contribution is 0.0682. The molecule has 6 heteroatoms. The van der Waals surface area contributed by atoms with Crippen LogP contribution in [-0.4, -0.2) is 25.4 Å². The Kier molecular flexibility index (Phi) is 3.51. The normalized spacial score (nSPS) is 12.6. The maximum Gasteiger partial charge on any atom is 0.352 e. The molecule has 1 unspecified atom stereocenters. The quantitative estimate of drug-likeness (QED) is 0.865. The molecule has 2 rings (SSSR count). The zero-order valence-electron chi connectivity index (χ0n) is 9.25. The van der Waals surface area contributed by atoms with E-state index >= 15 is 0 Å². The summed E-state index contributed by atoms with van der Waals surface area (Å²) in [4.78, 5) is 11.1. The zero-order chi connectivity index (χ0) is 12.4. The summed E-state index contributed by atoms with van der Waals surface area (Å²) in [6.07, 6.45) is 5.42. The second kappa shape index (κ2) is 4.91. The predicted molar refractivity (Wildman–Crippen MR) is 71.0 cm³/mol. The van der Waals surface area contributed by atoms with Crippen LogP contribution in [0.2, 0.25) is 0 Å². The van der Waals surface area contributed by atoms with Crippen molar-refractivity contribution in [3.05, 3.63) is 40.0 Å². The molecular formula is C11H12IN3O2. The van der Waals surface area contributed by atoms with Gasteiger partial charge in [-0.3, -0.25) is 4.68 Å². The summed E-state index contributed by atoms with van der Waals surface area (Å²) in [5.41, 5.74) is 0.314. The standard InChI is InChI=1S/C11H12IN3O2/c1-8(6-14-4-2-3-13-14)15-7-9(12)5-10(15)11(16)17/h2-5,7-8H,6H2,1H3,(H,16,17). The van der Waals surface area contributed by atoms with Gasteiger partial charge in [0, 0.05) is 22.2 Å². The fraction of sp³-hybridized carbons (Fsp3) is 0.273. The van der Waals surface area contributed by atoms with E-state index in [0.29, 0.717) is 12.2 Å². The Labute approximate surface area is 112 Å². The Morgan fingerprint density at radius 2 is 2.41 bits per heavy atom. The van der Waals surface area contributed by atoms with Crippen LogP contribution in [0.5, 0.6) is 0 Å². The minimum absolute atomic E-state index is 0.0458. The van der Waals surface area contributed by atoms with E-state index in [-0.39, 0.29) is 6.04 Å². The van der Waals surface area contributed by atoms with E-state index in [1.165, 1.54) is 0 Å². The summed E-state index contributed by atoms with van der Waals surface area (Å²) >= 11 is 2.12. The van der Waals surface area contributed by atoms with Crippen molar-refractivity contribution in [3.8, 4) is 0 Å². The highest BCUT2D eigenvalue weighted by Crippen LogP contribution is 2.18. The number of halogens is 1. The lowest BCUT2D eigenvalue weighted by atomic mass is 10.3. The van der Waals surface area contributed by atoms with Crippen LogP contribution in [0.25, 0.3) is 0 Å². The summed E-state index contributed by atoms with van der Waals surface area (Å²) in [5, 5.41) is 13.2. The summed E-state index contributed by atoms with van der Waals surface area (Å²) in [7, 11) is 0. The topological polar surface area (TPSA) is 60.0 Å². The van der Waals surface area contributed by atoms with E-state index < -0.39 is 5.97 Å². The first-order valence-electron chi connectivity index (χ1n) is 5.16. The number of carboxylic acids is 1. The third-order valence-electron chi connectivity index (χ3n) is 2.52. The highest BCUT2D eigenvalue weighted by molar-refractivity contribution is 14.1. The Hall–Kier alpha value is -1.31. The van der Waals surface area contributed by atoms with Crippen LogP contribution in [0.1, 0.15) is 23.5 Å². The monoisotopic (exact) mass is 345 g/mol. The summed E-state index contributed by atoms with van der Waals surface area (Å²) in [6, 6.07) is 3.57. The molecule has 5 nitrogen and oxygen atoms in total. The lowest BCUT2D eigenvalue weighted by Crippen LogP contribution is -2.17. The number of carboxylic acid groups (broad SMARTS) is 1. The van der Waals surface area contributed by atoms with Crippen LogP contribution in [0, 0.1) is 3.57 Å². The van der Waals surface area contributed by atoms with Gasteiger partial charge in [0.25, 0.3) is 0 Å². The number of aromatic carboxylic acids is 1. The largest absolute Gasteiger partial charge is 0.477 e.